The first-order valence-corrected chi connectivity index (χ1v) is 13.6. The lowest BCUT2D eigenvalue weighted by Gasteiger charge is -2.29. The Kier molecular flexibility index (Phi) is 13.5. The smallest absolute Gasteiger partial charge is 0.311 e. The molecule has 0 aromatic heterocycles. The summed E-state index contributed by atoms with van der Waals surface area (Å²) in [5, 5.41) is 0. The Morgan fingerprint density at radius 1 is 0.857 bits per heavy atom. The fourth-order valence-corrected chi connectivity index (χ4v) is 4.27. The van der Waals surface area contributed by atoms with Crippen molar-refractivity contribution in [3.05, 3.63) is 65.7 Å². The predicted molar refractivity (Wildman–Crippen MR) is 146 cm³/mol. The van der Waals surface area contributed by atoms with Crippen molar-refractivity contribution in [1.82, 2.24) is 0 Å². The molecule has 35 heavy (non-hydrogen) atoms. The van der Waals surface area contributed by atoms with Gasteiger partial charge in [-0.05, 0) is 37.5 Å². The lowest BCUT2D eigenvalue weighted by Crippen LogP contribution is -2.40. The normalized spacial score (nSPS) is 12.3. The Hall–Kier alpha value is -2.33. The number of hydrogen-bond donors (Lipinski definition) is 0. The Morgan fingerprint density at radius 3 is 2.20 bits per heavy atom. The maximum absolute atomic E-state index is 12.2. The van der Waals surface area contributed by atoms with Crippen LogP contribution in [0.1, 0.15) is 82.8 Å². The van der Waals surface area contributed by atoms with E-state index in [0.29, 0.717) is 19.4 Å². The Balaban J connectivity index is 1.57. The fourth-order valence-electron chi connectivity index (χ4n) is 4.27. The first-order valence-electron chi connectivity index (χ1n) is 13.6. The molecule has 0 aliphatic rings. The lowest BCUT2D eigenvalue weighted by molar-refractivity contribution is -0.903. The second-order valence-corrected chi connectivity index (χ2v) is 10.5. The molecule has 0 heterocycles. The summed E-state index contributed by atoms with van der Waals surface area (Å²) in [6.45, 7) is 6.34. The van der Waals surface area contributed by atoms with E-state index in [1.807, 2.05) is 13.0 Å². The van der Waals surface area contributed by atoms with Gasteiger partial charge in [0.25, 0.3) is 0 Å². The Bertz CT molecular complexity index is 817. The van der Waals surface area contributed by atoms with E-state index in [1.54, 1.807) is 0 Å². The third kappa shape index (κ3) is 13.4. The van der Waals surface area contributed by atoms with Gasteiger partial charge in [-0.3, -0.25) is 4.79 Å². The summed E-state index contributed by atoms with van der Waals surface area (Å²) < 4.78 is 12.2. The first-order chi connectivity index (χ1) is 16.9. The van der Waals surface area contributed by atoms with Gasteiger partial charge in [-0.25, -0.2) is 0 Å². The fraction of sp³-hybridized carbons (Fsp3) is 0.581. The second-order valence-electron chi connectivity index (χ2n) is 10.5. The molecule has 2 rings (SSSR count). The number of ether oxygens (including phenoxy) is 2. The van der Waals surface area contributed by atoms with Crippen LogP contribution in [0.25, 0.3) is 0 Å². The van der Waals surface area contributed by atoms with E-state index in [-0.39, 0.29) is 12.1 Å². The molecule has 1 atom stereocenters. The lowest BCUT2D eigenvalue weighted by atomic mass is 10.0. The van der Waals surface area contributed by atoms with Gasteiger partial charge < -0.3 is 14.0 Å². The van der Waals surface area contributed by atoms with Gasteiger partial charge in [0.2, 0.25) is 0 Å². The molecule has 0 aliphatic carbocycles. The molecule has 0 N–H and O–H groups in total. The van der Waals surface area contributed by atoms with Crippen molar-refractivity contribution in [1.29, 1.82) is 0 Å². The van der Waals surface area contributed by atoms with Crippen LogP contribution >= 0.6 is 0 Å². The topological polar surface area (TPSA) is 35.5 Å². The van der Waals surface area contributed by atoms with Crippen LogP contribution in [0.4, 0.5) is 0 Å². The SMILES string of the molecule is CCCCCCCCCc1ccc(OC(C)CCOC(=O)CC[N+](C)(C)Cc2ccccc2)cc1. The zero-order valence-corrected chi connectivity index (χ0v) is 22.6. The maximum atomic E-state index is 12.2. The summed E-state index contributed by atoms with van der Waals surface area (Å²) in [6.07, 6.45) is 11.6. The molecule has 2 aromatic carbocycles. The number of rotatable bonds is 18. The average Bonchev–Trinajstić information content (AvgIpc) is 2.84. The third-order valence-corrected chi connectivity index (χ3v) is 6.49. The maximum Gasteiger partial charge on any atom is 0.311 e. The molecule has 0 radical (unpaired) electrons. The highest BCUT2D eigenvalue weighted by atomic mass is 16.5. The highest BCUT2D eigenvalue weighted by molar-refractivity contribution is 5.69. The number of quaternary nitrogens is 1. The number of unbranched alkanes of at least 4 members (excludes halogenated alkanes) is 6. The van der Waals surface area contributed by atoms with Gasteiger partial charge in [-0.15, -0.1) is 0 Å². The zero-order valence-electron chi connectivity index (χ0n) is 22.6. The summed E-state index contributed by atoms with van der Waals surface area (Å²) in [6, 6.07) is 18.9. The molecule has 0 amide bonds. The molecule has 4 heteroatoms. The molecule has 0 saturated heterocycles. The minimum Gasteiger partial charge on any atom is -0.491 e. The minimum atomic E-state index is -0.133. The molecule has 4 nitrogen and oxygen atoms in total. The minimum absolute atomic E-state index is 0.00192. The standard InChI is InChI=1S/C31H48NO3/c1-5-6-7-8-9-10-12-15-28-18-20-30(21-19-28)35-27(2)23-25-34-31(33)22-24-32(3,4)26-29-16-13-11-14-17-29/h11,13-14,16-21,27H,5-10,12,15,22-26H2,1-4H3/q+1. The number of aryl methyl sites for hydroxylation is 1. The van der Waals surface area contributed by atoms with Crippen molar-refractivity contribution in [2.45, 2.75) is 90.7 Å². The van der Waals surface area contributed by atoms with Crippen molar-refractivity contribution >= 4 is 5.97 Å². The van der Waals surface area contributed by atoms with E-state index in [4.69, 9.17) is 9.47 Å². The van der Waals surface area contributed by atoms with Crippen LogP contribution in [0.2, 0.25) is 0 Å². The molecule has 194 valence electrons. The van der Waals surface area contributed by atoms with Crippen molar-refractivity contribution < 1.29 is 18.8 Å². The Labute approximate surface area is 214 Å². The monoisotopic (exact) mass is 482 g/mol. The molecule has 0 saturated carbocycles. The molecule has 0 spiro atoms. The van der Waals surface area contributed by atoms with E-state index < -0.39 is 0 Å². The molecular weight excluding hydrogens is 434 g/mol. The molecule has 1 unspecified atom stereocenters. The van der Waals surface area contributed by atoms with E-state index >= 15 is 0 Å². The van der Waals surface area contributed by atoms with Gasteiger partial charge in [0, 0.05) is 12.0 Å². The Morgan fingerprint density at radius 2 is 1.51 bits per heavy atom. The van der Waals surface area contributed by atoms with Crippen molar-refractivity contribution in [2.24, 2.45) is 0 Å². The number of carbonyl (C=O) groups is 1. The van der Waals surface area contributed by atoms with Gasteiger partial charge >= 0.3 is 5.97 Å². The number of esters is 1. The van der Waals surface area contributed by atoms with Gasteiger partial charge in [0.05, 0.1) is 39.8 Å². The van der Waals surface area contributed by atoms with Crippen LogP contribution < -0.4 is 4.74 Å². The van der Waals surface area contributed by atoms with Crippen LogP contribution in [0.15, 0.2) is 54.6 Å². The van der Waals surface area contributed by atoms with Crippen LogP contribution in [0, 0.1) is 0 Å². The molecule has 2 aromatic rings. The summed E-state index contributed by atoms with van der Waals surface area (Å²) in [5.74, 6) is 0.748. The number of benzene rings is 2. The van der Waals surface area contributed by atoms with Gasteiger partial charge in [0.15, 0.2) is 0 Å². The van der Waals surface area contributed by atoms with E-state index in [2.05, 4.69) is 69.6 Å². The zero-order chi connectivity index (χ0) is 25.4. The van der Waals surface area contributed by atoms with Gasteiger partial charge in [0.1, 0.15) is 12.3 Å². The summed E-state index contributed by atoms with van der Waals surface area (Å²) in [7, 11) is 4.30. The van der Waals surface area contributed by atoms with Crippen LogP contribution in [-0.2, 0) is 22.5 Å². The highest BCUT2D eigenvalue weighted by Gasteiger charge is 2.18. The number of carbonyl (C=O) groups excluding carboxylic acids is 1. The average molecular weight is 483 g/mol. The van der Waals surface area contributed by atoms with E-state index in [9.17, 15) is 4.79 Å². The van der Waals surface area contributed by atoms with Gasteiger partial charge in [-0.2, -0.15) is 0 Å². The van der Waals surface area contributed by atoms with Crippen LogP contribution in [0.5, 0.6) is 5.75 Å². The first kappa shape index (κ1) is 28.9. The molecular formula is C31H48NO3+. The summed E-state index contributed by atoms with van der Waals surface area (Å²) in [4.78, 5) is 12.2. The van der Waals surface area contributed by atoms with E-state index in [0.717, 1.165) is 29.7 Å². The third-order valence-electron chi connectivity index (χ3n) is 6.49. The number of hydrogen-bond acceptors (Lipinski definition) is 3. The molecule has 0 bridgehead atoms. The van der Waals surface area contributed by atoms with Crippen LogP contribution in [0.3, 0.4) is 0 Å². The second kappa shape index (κ2) is 16.4. The highest BCUT2D eigenvalue weighted by Crippen LogP contribution is 2.17. The number of nitrogens with zero attached hydrogens (tertiary/aromatic N) is 1. The predicted octanol–water partition coefficient (Wildman–Crippen LogP) is 7.35. The van der Waals surface area contributed by atoms with Crippen molar-refractivity contribution in [3.63, 3.8) is 0 Å². The summed E-state index contributed by atoms with van der Waals surface area (Å²) >= 11 is 0. The largest absolute Gasteiger partial charge is 0.491 e. The van der Waals surface area contributed by atoms with Crippen molar-refractivity contribution in [3.8, 4) is 5.75 Å². The molecule has 0 aliphatic heterocycles. The van der Waals surface area contributed by atoms with Crippen LogP contribution in [-0.4, -0.2) is 43.8 Å². The van der Waals surface area contributed by atoms with Gasteiger partial charge in [-0.1, -0.05) is 87.9 Å². The summed E-state index contributed by atoms with van der Waals surface area (Å²) in [5.41, 5.74) is 2.66. The quantitative estimate of drug-likeness (QED) is 0.127. The van der Waals surface area contributed by atoms with E-state index in [1.165, 1.54) is 56.1 Å². The van der Waals surface area contributed by atoms with Crippen molar-refractivity contribution in [2.75, 3.05) is 27.2 Å². The molecule has 0 fully saturated rings.